The van der Waals surface area contributed by atoms with E-state index >= 15 is 0 Å². The van der Waals surface area contributed by atoms with Crippen LogP contribution in [0.3, 0.4) is 0 Å². The van der Waals surface area contributed by atoms with E-state index in [1.54, 1.807) is 13.0 Å². The second-order valence-electron chi connectivity index (χ2n) is 4.49. The average molecular weight is 288 g/mol. The molecular weight excluding hydrogens is 271 g/mol. The Morgan fingerprint density at radius 1 is 1.14 bits per heavy atom. The van der Waals surface area contributed by atoms with Crippen LogP contribution in [-0.2, 0) is 9.53 Å². The van der Waals surface area contributed by atoms with Gasteiger partial charge >= 0.3 is 5.97 Å². The number of hydrogen-bond acceptors (Lipinski definition) is 3. The van der Waals surface area contributed by atoms with Gasteiger partial charge in [0.25, 0.3) is 0 Å². The number of benzene rings is 2. The molecule has 0 N–H and O–H groups in total. The summed E-state index contributed by atoms with van der Waals surface area (Å²) in [5.74, 6) is -1.39. The summed E-state index contributed by atoms with van der Waals surface area (Å²) in [6.07, 6.45) is 0. The average Bonchev–Trinajstić information content (AvgIpc) is 2.51. The Balaban J connectivity index is 2.43. The van der Waals surface area contributed by atoms with Crippen molar-refractivity contribution in [2.24, 2.45) is 0 Å². The summed E-state index contributed by atoms with van der Waals surface area (Å²) in [5.41, 5.74) is 1.29. The predicted molar refractivity (Wildman–Crippen MR) is 77.9 cm³/mol. The maximum absolute atomic E-state index is 14.0. The number of carbonyl (C=O) groups is 1. The van der Waals surface area contributed by atoms with Gasteiger partial charge < -0.3 is 9.47 Å². The predicted octanol–water partition coefficient (Wildman–Crippen LogP) is 3.53. The fraction of sp³-hybridized carbons (Fsp3) is 0.235. The second-order valence-corrected chi connectivity index (χ2v) is 4.49. The van der Waals surface area contributed by atoms with Gasteiger partial charge in [0.1, 0.15) is 5.92 Å². The molecule has 2 rings (SSSR count). The minimum absolute atomic E-state index is 0.179. The molecule has 0 saturated heterocycles. The lowest BCUT2D eigenvalue weighted by atomic mass is 9.91. The molecule has 0 aliphatic heterocycles. The molecule has 0 heterocycles. The minimum atomic E-state index is -0.652. The molecule has 2 aromatic rings. The number of methoxy groups -OCH3 is 1. The van der Waals surface area contributed by atoms with Crippen LogP contribution < -0.4 is 4.74 Å². The molecular formula is C17H17FO3. The molecule has 0 aromatic heterocycles. The highest BCUT2D eigenvalue weighted by Gasteiger charge is 2.24. The van der Waals surface area contributed by atoms with E-state index in [0.717, 1.165) is 5.56 Å². The third-order valence-electron chi connectivity index (χ3n) is 3.16. The fourth-order valence-corrected chi connectivity index (χ4v) is 2.20. The zero-order valence-corrected chi connectivity index (χ0v) is 12.0. The van der Waals surface area contributed by atoms with Crippen molar-refractivity contribution in [2.45, 2.75) is 12.8 Å². The highest BCUT2D eigenvalue weighted by molar-refractivity contribution is 5.82. The van der Waals surface area contributed by atoms with Gasteiger partial charge in [0.15, 0.2) is 11.6 Å². The Hall–Kier alpha value is -2.36. The topological polar surface area (TPSA) is 35.5 Å². The SMILES string of the molecule is CCOc1ccc(C(C(=O)OC)c2ccccc2)cc1F. The number of rotatable bonds is 5. The Morgan fingerprint density at radius 3 is 2.43 bits per heavy atom. The molecule has 0 aliphatic carbocycles. The zero-order valence-electron chi connectivity index (χ0n) is 12.0. The van der Waals surface area contributed by atoms with E-state index < -0.39 is 17.7 Å². The van der Waals surface area contributed by atoms with E-state index in [0.29, 0.717) is 12.2 Å². The smallest absolute Gasteiger partial charge is 0.317 e. The summed E-state index contributed by atoms with van der Waals surface area (Å²) in [6.45, 7) is 2.17. The minimum Gasteiger partial charge on any atom is -0.491 e. The van der Waals surface area contributed by atoms with Gasteiger partial charge in [0, 0.05) is 0 Å². The van der Waals surface area contributed by atoms with Gasteiger partial charge in [-0.3, -0.25) is 4.79 Å². The lowest BCUT2D eigenvalue weighted by molar-refractivity contribution is -0.141. The first-order valence-electron chi connectivity index (χ1n) is 6.72. The Labute approximate surface area is 123 Å². The van der Waals surface area contributed by atoms with Gasteiger partial charge in [0.05, 0.1) is 13.7 Å². The number of hydrogen-bond donors (Lipinski definition) is 0. The lowest BCUT2D eigenvalue weighted by Crippen LogP contribution is -2.16. The standard InChI is InChI=1S/C17H17FO3/c1-3-21-15-10-9-13(11-14(15)18)16(17(19)20-2)12-7-5-4-6-8-12/h4-11,16H,3H2,1-2H3. The fourth-order valence-electron chi connectivity index (χ4n) is 2.20. The molecule has 0 fully saturated rings. The molecule has 2 aromatic carbocycles. The van der Waals surface area contributed by atoms with Crippen LogP contribution in [0.15, 0.2) is 48.5 Å². The summed E-state index contributed by atoms with van der Waals surface area (Å²) >= 11 is 0. The van der Waals surface area contributed by atoms with Crippen LogP contribution in [-0.4, -0.2) is 19.7 Å². The molecule has 0 radical (unpaired) electrons. The van der Waals surface area contributed by atoms with Crippen LogP contribution in [0, 0.1) is 5.82 Å². The first kappa shape index (κ1) is 15.0. The Kier molecular flexibility index (Phi) is 4.93. The maximum atomic E-state index is 14.0. The first-order valence-corrected chi connectivity index (χ1v) is 6.72. The van der Waals surface area contributed by atoms with Gasteiger partial charge in [0.2, 0.25) is 0 Å². The van der Waals surface area contributed by atoms with E-state index in [2.05, 4.69) is 0 Å². The van der Waals surface area contributed by atoms with Gasteiger partial charge in [-0.05, 0) is 30.2 Å². The zero-order chi connectivity index (χ0) is 15.2. The van der Waals surface area contributed by atoms with Crippen molar-refractivity contribution in [2.75, 3.05) is 13.7 Å². The molecule has 0 amide bonds. The van der Waals surface area contributed by atoms with Crippen molar-refractivity contribution in [3.8, 4) is 5.75 Å². The van der Waals surface area contributed by atoms with E-state index in [9.17, 15) is 9.18 Å². The molecule has 3 nitrogen and oxygen atoms in total. The van der Waals surface area contributed by atoms with E-state index in [-0.39, 0.29) is 5.75 Å². The molecule has 1 unspecified atom stereocenters. The molecule has 0 aliphatic rings. The highest BCUT2D eigenvalue weighted by Crippen LogP contribution is 2.29. The van der Waals surface area contributed by atoms with Crippen molar-refractivity contribution in [1.82, 2.24) is 0 Å². The monoisotopic (exact) mass is 288 g/mol. The normalized spacial score (nSPS) is 11.8. The number of carbonyl (C=O) groups excluding carboxylic acids is 1. The highest BCUT2D eigenvalue weighted by atomic mass is 19.1. The van der Waals surface area contributed by atoms with Crippen LogP contribution in [0.5, 0.6) is 5.75 Å². The summed E-state index contributed by atoms with van der Waals surface area (Å²) in [5, 5.41) is 0. The Bertz CT molecular complexity index is 611. The van der Waals surface area contributed by atoms with Gasteiger partial charge in [-0.2, -0.15) is 0 Å². The molecule has 0 saturated carbocycles. The van der Waals surface area contributed by atoms with Crippen molar-refractivity contribution in [3.63, 3.8) is 0 Å². The van der Waals surface area contributed by atoms with Gasteiger partial charge in [-0.25, -0.2) is 4.39 Å². The lowest BCUT2D eigenvalue weighted by Gasteiger charge is -2.16. The molecule has 110 valence electrons. The van der Waals surface area contributed by atoms with Crippen molar-refractivity contribution >= 4 is 5.97 Å². The molecule has 21 heavy (non-hydrogen) atoms. The van der Waals surface area contributed by atoms with Crippen LogP contribution >= 0.6 is 0 Å². The van der Waals surface area contributed by atoms with Crippen LogP contribution in [0.4, 0.5) is 4.39 Å². The number of halogens is 1. The first-order chi connectivity index (χ1) is 10.2. The van der Waals surface area contributed by atoms with Crippen molar-refractivity contribution in [1.29, 1.82) is 0 Å². The van der Waals surface area contributed by atoms with Gasteiger partial charge in [-0.15, -0.1) is 0 Å². The number of esters is 1. The summed E-state index contributed by atoms with van der Waals surface area (Å²) < 4.78 is 24.0. The molecule has 1 atom stereocenters. The second kappa shape index (κ2) is 6.88. The summed E-state index contributed by atoms with van der Waals surface area (Å²) in [7, 11) is 1.32. The number of ether oxygens (including phenoxy) is 2. The molecule has 4 heteroatoms. The van der Waals surface area contributed by atoms with E-state index in [1.807, 2.05) is 30.3 Å². The van der Waals surface area contributed by atoms with E-state index in [1.165, 1.54) is 19.2 Å². The van der Waals surface area contributed by atoms with Gasteiger partial charge in [-0.1, -0.05) is 36.4 Å². The molecule has 0 bridgehead atoms. The maximum Gasteiger partial charge on any atom is 0.317 e. The molecule has 0 spiro atoms. The summed E-state index contributed by atoms with van der Waals surface area (Å²) in [6, 6.07) is 13.7. The van der Waals surface area contributed by atoms with Crippen molar-refractivity contribution in [3.05, 3.63) is 65.5 Å². The van der Waals surface area contributed by atoms with Crippen molar-refractivity contribution < 1.29 is 18.7 Å². The third-order valence-corrected chi connectivity index (χ3v) is 3.16. The van der Waals surface area contributed by atoms with Crippen LogP contribution in [0.25, 0.3) is 0 Å². The quantitative estimate of drug-likeness (QED) is 0.790. The third kappa shape index (κ3) is 3.40. The van der Waals surface area contributed by atoms with E-state index in [4.69, 9.17) is 9.47 Å². The largest absolute Gasteiger partial charge is 0.491 e. The van der Waals surface area contributed by atoms with Crippen LogP contribution in [0.2, 0.25) is 0 Å². The van der Waals surface area contributed by atoms with Crippen LogP contribution in [0.1, 0.15) is 24.0 Å². The summed E-state index contributed by atoms with van der Waals surface area (Å²) in [4.78, 5) is 12.1. The Morgan fingerprint density at radius 2 is 1.86 bits per heavy atom.